The van der Waals surface area contributed by atoms with Crippen LogP contribution in [-0.2, 0) is 18.8 Å². The fourth-order valence-corrected chi connectivity index (χ4v) is 7.19. The van der Waals surface area contributed by atoms with E-state index in [4.69, 9.17) is 9.16 Å². The number of Topliss-reactive ketones (excluding diaryl/α,β-unsaturated/α-hetero) is 1. The van der Waals surface area contributed by atoms with Gasteiger partial charge in [-0.3, -0.25) is 9.59 Å². The van der Waals surface area contributed by atoms with Gasteiger partial charge in [0.15, 0.2) is 14.1 Å². The van der Waals surface area contributed by atoms with Crippen molar-refractivity contribution in [3.05, 3.63) is 23.8 Å². The Labute approximate surface area is 209 Å². The molecule has 192 valence electrons. The molecule has 0 saturated heterocycles. The van der Waals surface area contributed by atoms with Crippen LogP contribution in [0.15, 0.2) is 23.8 Å². The Balaban J connectivity index is 1.66. The Morgan fingerprint density at radius 3 is 2.47 bits per heavy atom. The van der Waals surface area contributed by atoms with E-state index in [0.717, 1.165) is 37.7 Å². The van der Waals surface area contributed by atoms with E-state index in [2.05, 4.69) is 52.1 Å². The van der Waals surface area contributed by atoms with Crippen LogP contribution in [-0.4, -0.2) is 33.3 Å². The molecular formula is C29H48O4Si. The van der Waals surface area contributed by atoms with E-state index < -0.39 is 8.32 Å². The van der Waals surface area contributed by atoms with Crippen LogP contribution in [0.25, 0.3) is 0 Å². The van der Waals surface area contributed by atoms with E-state index in [9.17, 15) is 9.59 Å². The Morgan fingerprint density at radius 2 is 1.82 bits per heavy atom. The predicted molar refractivity (Wildman–Crippen MR) is 141 cm³/mol. The van der Waals surface area contributed by atoms with E-state index in [1.807, 2.05) is 0 Å². The van der Waals surface area contributed by atoms with Crippen molar-refractivity contribution >= 4 is 20.1 Å². The van der Waals surface area contributed by atoms with E-state index in [-0.39, 0.29) is 23.0 Å². The number of rotatable bonds is 9. The second-order valence-electron chi connectivity index (χ2n) is 12.4. The minimum absolute atomic E-state index is 0.175. The van der Waals surface area contributed by atoms with Crippen LogP contribution in [0, 0.1) is 23.7 Å². The van der Waals surface area contributed by atoms with Gasteiger partial charge in [-0.1, -0.05) is 58.3 Å². The van der Waals surface area contributed by atoms with Gasteiger partial charge in [-0.2, -0.15) is 0 Å². The average molecular weight is 489 g/mol. The quantitative estimate of drug-likeness (QED) is 0.112. The van der Waals surface area contributed by atoms with Crippen molar-refractivity contribution in [2.24, 2.45) is 23.7 Å². The molecule has 3 fully saturated rings. The Kier molecular flexibility index (Phi) is 9.41. The lowest BCUT2D eigenvalue weighted by Gasteiger charge is -2.41. The number of unbranched alkanes of at least 4 members (excludes halogenated alkanes) is 1. The Hall–Kier alpha value is -1.20. The maximum atomic E-state index is 13.0. The summed E-state index contributed by atoms with van der Waals surface area (Å²) in [6.07, 6.45) is 18.7. The minimum Gasteiger partial charge on any atom is -0.469 e. The number of carbonyl (C=O) groups is 2. The highest BCUT2D eigenvalue weighted by molar-refractivity contribution is 6.74. The molecular weight excluding hydrogens is 440 g/mol. The second kappa shape index (κ2) is 11.7. The van der Waals surface area contributed by atoms with Crippen molar-refractivity contribution in [1.82, 2.24) is 0 Å². The van der Waals surface area contributed by atoms with Gasteiger partial charge in [0, 0.05) is 12.3 Å². The average Bonchev–Trinajstić information content (AvgIpc) is 3.33. The Morgan fingerprint density at radius 1 is 1.12 bits per heavy atom. The van der Waals surface area contributed by atoms with Crippen LogP contribution in [0.1, 0.15) is 91.4 Å². The van der Waals surface area contributed by atoms with E-state index in [0.29, 0.717) is 30.0 Å². The number of ketones is 1. The third kappa shape index (κ3) is 6.72. The van der Waals surface area contributed by atoms with Crippen molar-refractivity contribution in [3.63, 3.8) is 0 Å². The zero-order valence-electron chi connectivity index (χ0n) is 22.5. The van der Waals surface area contributed by atoms with E-state index in [1.54, 1.807) is 0 Å². The number of hydrogen-bond acceptors (Lipinski definition) is 4. The maximum Gasteiger partial charge on any atom is 0.305 e. The fraction of sp³-hybridized carbons (Fsp3) is 0.793. The zero-order chi connectivity index (χ0) is 24.9. The number of hydrogen-bond donors (Lipinski definition) is 0. The fourth-order valence-electron chi connectivity index (χ4n) is 5.88. The molecule has 3 rings (SSSR count). The van der Waals surface area contributed by atoms with Gasteiger partial charge in [0.25, 0.3) is 0 Å². The molecule has 0 N–H and O–H groups in total. The number of allylic oxidation sites excluding steroid dienone is 3. The first-order chi connectivity index (χ1) is 16.0. The van der Waals surface area contributed by atoms with Crippen LogP contribution in [0.5, 0.6) is 0 Å². The number of esters is 1. The summed E-state index contributed by atoms with van der Waals surface area (Å²) < 4.78 is 11.7. The zero-order valence-corrected chi connectivity index (χ0v) is 23.5. The molecule has 0 aliphatic heterocycles. The molecule has 4 unspecified atom stereocenters. The minimum atomic E-state index is -1.85. The van der Waals surface area contributed by atoms with Crippen molar-refractivity contribution in [1.29, 1.82) is 0 Å². The van der Waals surface area contributed by atoms with Crippen molar-refractivity contribution < 1.29 is 18.8 Å². The molecule has 5 heteroatoms. The number of fused-ring (bicyclic) bond motifs is 1. The molecule has 0 aromatic rings. The van der Waals surface area contributed by atoms with Crippen molar-refractivity contribution in [3.8, 4) is 0 Å². The van der Waals surface area contributed by atoms with Gasteiger partial charge >= 0.3 is 5.97 Å². The monoisotopic (exact) mass is 488 g/mol. The standard InChI is InChI=1S/C29H48O4Si/c1-29(2,3)34(5,6)33-26(22-12-8-7-9-13-22)19-17-21-16-18-24-25(21)20-23(28(24)31)14-10-11-15-27(30)32-4/h14,17,19,21-22,24-26H,7-13,15-16,18,20H2,1-6H3. The summed E-state index contributed by atoms with van der Waals surface area (Å²) in [4.78, 5) is 24.3. The lowest BCUT2D eigenvalue weighted by molar-refractivity contribution is -0.140. The van der Waals surface area contributed by atoms with Crippen molar-refractivity contribution in [2.45, 2.75) is 116 Å². The van der Waals surface area contributed by atoms with Gasteiger partial charge in [-0.15, -0.1) is 0 Å². The number of carbonyl (C=O) groups excluding carboxylic acids is 2. The number of methoxy groups -OCH3 is 1. The summed E-state index contributed by atoms with van der Waals surface area (Å²) in [6.45, 7) is 11.7. The molecule has 4 nitrogen and oxygen atoms in total. The molecule has 0 spiro atoms. The number of ether oxygens (including phenoxy) is 1. The third-order valence-electron chi connectivity index (χ3n) is 9.09. The second-order valence-corrected chi connectivity index (χ2v) is 17.2. The van der Waals surface area contributed by atoms with Gasteiger partial charge < -0.3 is 9.16 Å². The van der Waals surface area contributed by atoms with Crippen LogP contribution >= 0.6 is 0 Å². The summed E-state index contributed by atoms with van der Waals surface area (Å²) in [5, 5.41) is 0.206. The van der Waals surface area contributed by atoms with Gasteiger partial charge in [-0.25, -0.2) is 0 Å². The SMILES string of the molecule is COC(=O)CCCC=C1CC2C(C=CC(O[Si](C)(C)C(C)(C)C)C3CCCCC3)CCC2C1=O. The molecule has 34 heavy (non-hydrogen) atoms. The highest BCUT2D eigenvalue weighted by Crippen LogP contribution is 2.49. The van der Waals surface area contributed by atoms with Gasteiger partial charge in [0.05, 0.1) is 13.2 Å². The maximum absolute atomic E-state index is 13.0. The highest BCUT2D eigenvalue weighted by Gasteiger charge is 2.46. The summed E-state index contributed by atoms with van der Waals surface area (Å²) >= 11 is 0. The van der Waals surface area contributed by atoms with Gasteiger partial charge in [0.1, 0.15) is 0 Å². The first kappa shape index (κ1) is 27.4. The Bertz CT molecular complexity index is 769. The normalized spacial score (nSPS) is 28.6. The molecule has 0 aromatic carbocycles. The predicted octanol–water partition coefficient (Wildman–Crippen LogP) is 7.40. The van der Waals surface area contributed by atoms with Crippen LogP contribution in [0.4, 0.5) is 0 Å². The molecule has 0 radical (unpaired) electrons. The summed E-state index contributed by atoms with van der Waals surface area (Å²) in [7, 11) is -0.431. The molecule has 3 aliphatic carbocycles. The van der Waals surface area contributed by atoms with Gasteiger partial charge in [0.2, 0.25) is 0 Å². The van der Waals surface area contributed by atoms with Crippen LogP contribution < -0.4 is 0 Å². The first-order valence-corrected chi connectivity index (χ1v) is 16.6. The lowest BCUT2D eigenvalue weighted by Crippen LogP contribution is -2.45. The molecule has 3 saturated carbocycles. The van der Waals surface area contributed by atoms with Crippen LogP contribution in [0.2, 0.25) is 18.1 Å². The van der Waals surface area contributed by atoms with Crippen LogP contribution in [0.3, 0.4) is 0 Å². The molecule has 0 heterocycles. The van der Waals surface area contributed by atoms with Gasteiger partial charge in [-0.05, 0) is 86.4 Å². The largest absolute Gasteiger partial charge is 0.469 e. The first-order valence-electron chi connectivity index (χ1n) is 13.7. The van der Waals surface area contributed by atoms with E-state index >= 15 is 0 Å². The molecule has 0 bridgehead atoms. The topological polar surface area (TPSA) is 52.6 Å². The lowest BCUT2D eigenvalue weighted by atomic mass is 9.84. The molecule has 4 atom stereocenters. The summed E-state index contributed by atoms with van der Waals surface area (Å²) in [6, 6.07) is 0. The highest BCUT2D eigenvalue weighted by atomic mass is 28.4. The smallest absolute Gasteiger partial charge is 0.305 e. The molecule has 0 aromatic heterocycles. The molecule has 3 aliphatic rings. The van der Waals surface area contributed by atoms with E-state index in [1.165, 1.54) is 39.2 Å². The summed E-state index contributed by atoms with van der Waals surface area (Å²) in [5.74, 6) is 1.92. The molecule has 0 amide bonds. The summed E-state index contributed by atoms with van der Waals surface area (Å²) in [5.41, 5.74) is 0.999. The third-order valence-corrected chi connectivity index (χ3v) is 13.6. The van der Waals surface area contributed by atoms with Crippen molar-refractivity contribution in [2.75, 3.05) is 7.11 Å².